The van der Waals surface area contributed by atoms with Crippen molar-refractivity contribution in [3.8, 4) is 5.88 Å². The molecule has 2 aromatic carbocycles. The van der Waals surface area contributed by atoms with Gasteiger partial charge in [0.2, 0.25) is 11.0 Å². The van der Waals surface area contributed by atoms with E-state index in [0.29, 0.717) is 21.4 Å². The molecule has 0 bridgehead atoms. The lowest BCUT2D eigenvalue weighted by molar-refractivity contribution is -0.384. The van der Waals surface area contributed by atoms with Crippen LogP contribution in [0.4, 0.5) is 11.4 Å². The zero-order valence-electron chi connectivity index (χ0n) is 14.4. The Hall–Kier alpha value is -3.31. The number of carbonyl (C=O) groups excluding carboxylic acids is 1. The number of carbonyl (C=O) groups is 1. The number of non-ortho nitro benzene ring substituents is 1. The molecule has 0 aliphatic carbocycles. The van der Waals surface area contributed by atoms with Gasteiger partial charge in [0.15, 0.2) is 5.69 Å². The van der Waals surface area contributed by atoms with Crippen LogP contribution in [0.5, 0.6) is 5.88 Å². The third-order valence-electron chi connectivity index (χ3n) is 3.96. The molecule has 0 radical (unpaired) electrons. The predicted octanol–water partition coefficient (Wildman–Crippen LogP) is 5.30. The zero-order valence-corrected chi connectivity index (χ0v) is 16.8. The number of rotatable bonds is 3. The maximum Gasteiger partial charge on any atom is 0.286 e. The monoisotopic (exact) mass is 471 g/mol. The lowest BCUT2D eigenvalue weighted by Crippen LogP contribution is -1.89. The summed E-state index contributed by atoms with van der Waals surface area (Å²) >= 11 is 4.39. The number of amidine groups is 1. The van der Waals surface area contributed by atoms with Crippen molar-refractivity contribution in [3.05, 3.63) is 67.5 Å². The van der Waals surface area contributed by atoms with Crippen LogP contribution in [0, 0.1) is 10.1 Å². The van der Waals surface area contributed by atoms with Crippen LogP contribution in [-0.4, -0.2) is 26.1 Å². The Kier molecular flexibility index (Phi) is 4.99. The number of nitro groups is 1. The van der Waals surface area contributed by atoms with Crippen molar-refractivity contribution in [1.82, 2.24) is 4.98 Å². The summed E-state index contributed by atoms with van der Waals surface area (Å²) in [7, 11) is 0. The van der Waals surface area contributed by atoms with Crippen LogP contribution in [-0.2, 0) is 4.79 Å². The van der Waals surface area contributed by atoms with Crippen molar-refractivity contribution in [3.63, 3.8) is 0 Å². The first-order chi connectivity index (χ1) is 13.9. The highest BCUT2D eigenvalue weighted by molar-refractivity contribution is 9.10. The fourth-order valence-electron chi connectivity index (χ4n) is 2.61. The molecule has 4 rings (SSSR count). The number of hydrogen-bond donors (Lipinski definition) is 2. The summed E-state index contributed by atoms with van der Waals surface area (Å²) in [6, 6.07) is 11.2. The molecule has 0 atom stereocenters. The highest BCUT2D eigenvalue weighted by atomic mass is 79.9. The van der Waals surface area contributed by atoms with Gasteiger partial charge in [-0.2, -0.15) is 4.99 Å². The standard InChI is InChI=1S/C18H10BrN5O4S/c19-10-3-6-13-12(8-10)15(17(26)20-13)22-23-18-21-16(25)14(29-18)7-9-1-4-11(5-2-9)24(27)28/h1-8,20,26H/b14-7+,23-22?. The molecular formula is C18H10BrN5O4S. The summed E-state index contributed by atoms with van der Waals surface area (Å²) in [6.07, 6.45) is 1.57. The van der Waals surface area contributed by atoms with Crippen LogP contribution in [0.25, 0.3) is 17.0 Å². The summed E-state index contributed by atoms with van der Waals surface area (Å²) in [5.41, 5.74) is 1.52. The van der Waals surface area contributed by atoms with Crippen LogP contribution < -0.4 is 0 Å². The van der Waals surface area contributed by atoms with Crippen LogP contribution in [0.1, 0.15) is 5.56 Å². The Morgan fingerprint density at radius 1 is 1.21 bits per heavy atom. The predicted molar refractivity (Wildman–Crippen MR) is 113 cm³/mol. The molecule has 3 aromatic rings. The average molecular weight is 472 g/mol. The van der Waals surface area contributed by atoms with E-state index >= 15 is 0 Å². The van der Waals surface area contributed by atoms with E-state index < -0.39 is 10.8 Å². The number of amides is 1. The maximum atomic E-state index is 12.1. The number of aromatic amines is 1. The van der Waals surface area contributed by atoms with Gasteiger partial charge in [0.05, 0.1) is 15.3 Å². The number of aromatic hydroxyl groups is 1. The molecule has 2 N–H and O–H groups in total. The topological polar surface area (TPSA) is 133 Å². The first-order valence-electron chi connectivity index (χ1n) is 8.09. The molecule has 0 unspecified atom stereocenters. The second kappa shape index (κ2) is 7.60. The van der Waals surface area contributed by atoms with Gasteiger partial charge in [-0.05, 0) is 53.7 Å². The molecule has 29 heavy (non-hydrogen) atoms. The summed E-state index contributed by atoms with van der Waals surface area (Å²) in [5.74, 6) is -0.619. The van der Waals surface area contributed by atoms with E-state index in [-0.39, 0.29) is 22.4 Å². The Balaban J connectivity index is 1.55. The Morgan fingerprint density at radius 2 is 1.97 bits per heavy atom. The number of benzene rings is 2. The molecule has 2 heterocycles. The third kappa shape index (κ3) is 3.96. The van der Waals surface area contributed by atoms with Gasteiger partial charge in [0.1, 0.15) is 0 Å². The number of halogens is 1. The zero-order chi connectivity index (χ0) is 20.5. The molecule has 0 spiro atoms. The number of nitro benzene ring substituents is 1. The second-order valence-electron chi connectivity index (χ2n) is 5.87. The van der Waals surface area contributed by atoms with E-state index in [4.69, 9.17) is 0 Å². The number of fused-ring (bicyclic) bond motifs is 1. The molecule has 1 amide bonds. The summed E-state index contributed by atoms with van der Waals surface area (Å²) in [5, 5.41) is 29.6. The van der Waals surface area contributed by atoms with Crippen LogP contribution in [0.3, 0.4) is 0 Å². The summed E-state index contributed by atoms with van der Waals surface area (Å²) in [6.45, 7) is 0. The molecule has 144 valence electrons. The lowest BCUT2D eigenvalue weighted by atomic mass is 10.2. The minimum absolute atomic E-state index is 0.0338. The first-order valence-corrected chi connectivity index (χ1v) is 9.70. The fourth-order valence-corrected chi connectivity index (χ4v) is 3.71. The van der Waals surface area contributed by atoms with Crippen molar-refractivity contribution in [2.45, 2.75) is 0 Å². The molecule has 9 nitrogen and oxygen atoms in total. The molecule has 0 saturated carbocycles. The van der Waals surface area contributed by atoms with E-state index in [1.165, 1.54) is 12.1 Å². The Morgan fingerprint density at radius 3 is 2.69 bits per heavy atom. The molecule has 11 heteroatoms. The molecular weight excluding hydrogens is 462 g/mol. The van der Waals surface area contributed by atoms with Crippen molar-refractivity contribution in [1.29, 1.82) is 0 Å². The quantitative estimate of drug-likeness (QED) is 0.231. The number of azo groups is 1. The highest BCUT2D eigenvalue weighted by Gasteiger charge is 2.22. The number of hydrogen-bond acceptors (Lipinski definition) is 7. The van der Waals surface area contributed by atoms with Gasteiger partial charge in [0, 0.05) is 22.0 Å². The lowest BCUT2D eigenvalue weighted by Gasteiger charge is -1.96. The van der Waals surface area contributed by atoms with Gasteiger partial charge in [-0.1, -0.05) is 15.9 Å². The number of nitrogens with zero attached hydrogens (tertiary/aromatic N) is 4. The highest BCUT2D eigenvalue weighted by Crippen LogP contribution is 2.38. The van der Waals surface area contributed by atoms with Crippen LogP contribution in [0.15, 0.2) is 67.1 Å². The van der Waals surface area contributed by atoms with Gasteiger partial charge in [-0.15, -0.1) is 10.2 Å². The summed E-state index contributed by atoms with van der Waals surface area (Å²) in [4.78, 5) is 29.3. The van der Waals surface area contributed by atoms with Crippen molar-refractivity contribution < 1.29 is 14.8 Å². The Bertz CT molecular complexity index is 1250. The molecule has 1 aromatic heterocycles. The molecule has 0 fully saturated rings. The van der Waals surface area contributed by atoms with Crippen LogP contribution >= 0.6 is 27.7 Å². The van der Waals surface area contributed by atoms with E-state index in [1.807, 2.05) is 6.07 Å². The van der Waals surface area contributed by atoms with Crippen LogP contribution in [0.2, 0.25) is 0 Å². The smallest absolute Gasteiger partial charge is 0.286 e. The van der Waals surface area contributed by atoms with Crippen molar-refractivity contribution >= 4 is 67.1 Å². The number of nitrogens with one attached hydrogen (secondary N) is 1. The largest absolute Gasteiger partial charge is 0.493 e. The first kappa shape index (κ1) is 19.0. The fraction of sp³-hybridized carbons (Fsp3) is 0. The van der Waals surface area contributed by atoms with E-state index in [9.17, 15) is 20.0 Å². The minimum atomic E-state index is -0.493. The number of thioether (sulfide) groups is 1. The summed E-state index contributed by atoms with van der Waals surface area (Å²) < 4.78 is 0.816. The SMILES string of the molecule is O=C1N=C(N=Nc2c(O)[nH]c3ccc(Br)cc23)S/C1=C/c1ccc([N+](=O)[O-])cc1. The van der Waals surface area contributed by atoms with Crippen molar-refractivity contribution in [2.24, 2.45) is 15.2 Å². The molecule has 1 aliphatic heterocycles. The molecule has 1 aliphatic rings. The van der Waals surface area contributed by atoms with Gasteiger partial charge in [-0.3, -0.25) is 14.9 Å². The number of aliphatic imine (C=N–C) groups is 1. The van der Waals surface area contributed by atoms with Gasteiger partial charge in [-0.25, -0.2) is 0 Å². The minimum Gasteiger partial charge on any atom is -0.493 e. The number of H-pyrrole nitrogens is 1. The number of aromatic nitrogens is 1. The average Bonchev–Trinajstić information content (AvgIpc) is 3.19. The van der Waals surface area contributed by atoms with Crippen molar-refractivity contribution in [2.75, 3.05) is 0 Å². The van der Waals surface area contributed by atoms with E-state index in [1.54, 1.807) is 30.3 Å². The molecule has 0 saturated heterocycles. The third-order valence-corrected chi connectivity index (χ3v) is 5.32. The maximum absolute atomic E-state index is 12.1. The normalized spacial score (nSPS) is 15.6. The van der Waals surface area contributed by atoms with E-state index in [0.717, 1.165) is 16.2 Å². The van der Waals surface area contributed by atoms with Gasteiger partial charge >= 0.3 is 0 Å². The van der Waals surface area contributed by atoms with Gasteiger partial charge in [0.25, 0.3) is 11.6 Å². The second-order valence-corrected chi connectivity index (χ2v) is 7.80. The van der Waals surface area contributed by atoms with Gasteiger partial charge < -0.3 is 10.1 Å². The Labute approximate surface area is 175 Å². The van der Waals surface area contributed by atoms with E-state index in [2.05, 4.69) is 36.1 Å².